The zero-order chi connectivity index (χ0) is 57.9. The van der Waals surface area contributed by atoms with Crippen molar-refractivity contribution in [2.75, 3.05) is 20.8 Å². The Bertz CT molecular complexity index is 3190. The number of imidazole rings is 2. The summed E-state index contributed by atoms with van der Waals surface area (Å²) in [7, 11) is -10.0. The fourth-order valence-corrected chi connectivity index (χ4v) is 8.14. The van der Waals surface area contributed by atoms with E-state index < -0.39 is 14.5 Å². The maximum absolute atomic E-state index is 9.82. The Morgan fingerprint density at radius 1 is 0.481 bits per heavy atom. The summed E-state index contributed by atoms with van der Waals surface area (Å²) in [6, 6.07) is 40.7. The second-order valence-corrected chi connectivity index (χ2v) is 16.8. The van der Waals surface area contributed by atoms with Crippen LogP contribution in [0.25, 0.3) is 90.4 Å². The van der Waals surface area contributed by atoms with E-state index in [0.717, 1.165) is 93.5 Å². The predicted octanol–water partition coefficient (Wildman–Crippen LogP) is 13.6. The van der Waals surface area contributed by atoms with Gasteiger partial charge in [-0.15, -0.1) is 0 Å². The van der Waals surface area contributed by atoms with Crippen LogP contribution in [0.3, 0.4) is 0 Å². The normalized spacial score (nSPS) is 10.5. The molecular formula is C54H58B2F8FeN10O4. The largest absolute Gasteiger partial charge is 2.00 e. The van der Waals surface area contributed by atoms with Crippen LogP contribution in [-0.4, -0.2) is 102 Å². The number of fused-ring (bicyclic) bond motifs is 2. The molecule has 4 aromatic carbocycles. The summed E-state index contributed by atoms with van der Waals surface area (Å²) < 4.78 is 82.4. The molecule has 0 radical (unpaired) electrons. The number of ether oxygens (including phenoxy) is 1. The van der Waals surface area contributed by atoms with Crippen molar-refractivity contribution in [2.45, 2.75) is 55.4 Å². The van der Waals surface area contributed by atoms with Gasteiger partial charge in [0.2, 0.25) is 0 Å². The summed E-state index contributed by atoms with van der Waals surface area (Å²) in [4.78, 5) is 35.4. The number of carbonyl (C=O) groups is 1. The van der Waals surface area contributed by atoms with Crippen LogP contribution >= 0.6 is 0 Å². The molecule has 0 saturated heterocycles. The van der Waals surface area contributed by atoms with Crippen molar-refractivity contribution in [1.82, 2.24) is 50.3 Å². The minimum absolute atomic E-state index is 0. The number of rotatable bonds is 7. The second-order valence-electron chi connectivity index (χ2n) is 16.8. The Kier molecular flexibility index (Phi) is 25.0. The van der Waals surface area contributed by atoms with Crippen LogP contribution in [0.4, 0.5) is 34.5 Å². The van der Waals surface area contributed by atoms with Gasteiger partial charge >= 0.3 is 37.5 Å². The molecule has 0 amide bonds. The molecule has 0 spiro atoms. The number of aryl methyl sites for hydroxylation is 6. The van der Waals surface area contributed by atoms with Gasteiger partial charge < -0.3 is 59.4 Å². The maximum atomic E-state index is 9.82. The third kappa shape index (κ3) is 20.1. The van der Waals surface area contributed by atoms with Crippen molar-refractivity contribution in [2.24, 2.45) is 0 Å². The molecule has 14 nitrogen and oxygen atoms in total. The molecule has 0 aliphatic heterocycles. The van der Waals surface area contributed by atoms with Crippen LogP contribution in [0.5, 0.6) is 0 Å². The monoisotopic (exact) mass is 1140 g/mol. The van der Waals surface area contributed by atoms with E-state index in [1.807, 2.05) is 84.9 Å². The van der Waals surface area contributed by atoms with E-state index >= 15 is 0 Å². The number of halogens is 8. The van der Waals surface area contributed by atoms with Crippen molar-refractivity contribution >= 4 is 42.5 Å². The van der Waals surface area contributed by atoms with E-state index in [9.17, 15) is 39.3 Å². The van der Waals surface area contributed by atoms with Gasteiger partial charge in [-0.1, -0.05) is 71.8 Å². The van der Waals surface area contributed by atoms with Crippen LogP contribution in [0, 0.1) is 41.5 Å². The number of benzene rings is 4. The van der Waals surface area contributed by atoms with Crippen LogP contribution < -0.4 is 0 Å². The molecule has 0 fully saturated rings. The number of para-hydroxylation sites is 4. The number of pyridine rings is 2. The van der Waals surface area contributed by atoms with E-state index in [2.05, 4.69) is 123 Å². The molecule has 0 saturated carbocycles. The third-order valence-electron chi connectivity index (χ3n) is 10.7. The summed E-state index contributed by atoms with van der Waals surface area (Å²) in [5.74, 6) is 1.31. The first-order chi connectivity index (χ1) is 36.9. The Morgan fingerprint density at radius 3 is 1.09 bits per heavy atom. The van der Waals surface area contributed by atoms with E-state index in [-0.39, 0.29) is 23.0 Å². The molecular weight excluding hydrogens is 1080 g/mol. The molecule has 0 aliphatic carbocycles. The van der Waals surface area contributed by atoms with Gasteiger partial charge in [0.25, 0.3) is 0 Å². The van der Waals surface area contributed by atoms with Crippen molar-refractivity contribution in [3.8, 4) is 68.3 Å². The molecule has 79 heavy (non-hydrogen) atoms. The number of aliphatic hydroxyl groups is 2. The first kappa shape index (κ1) is 65.3. The molecule has 0 atom stereocenters. The van der Waals surface area contributed by atoms with Crippen LogP contribution in [0.2, 0.25) is 0 Å². The van der Waals surface area contributed by atoms with Crippen LogP contribution in [-0.2, 0) is 26.6 Å². The predicted molar refractivity (Wildman–Crippen MR) is 292 cm³/mol. The van der Waals surface area contributed by atoms with Gasteiger partial charge in [-0.05, 0) is 131 Å². The zero-order valence-corrected chi connectivity index (χ0v) is 45.8. The molecule has 6 N–H and O–H groups in total. The second kappa shape index (κ2) is 30.2. The number of hydrogen-bond acceptors (Lipinski definition) is 10. The number of H-pyrrole nitrogens is 4. The van der Waals surface area contributed by atoms with Gasteiger partial charge in [0.05, 0.1) is 51.4 Å². The number of aliphatic hydroxyl groups excluding tert-OH is 2. The summed E-state index contributed by atoms with van der Waals surface area (Å²) >= 11 is 0. The van der Waals surface area contributed by atoms with Crippen LogP contribution in [0.1, 0.15) is 47.2 Å². The van der Waals surface area contributed by atoms with Crippen molar-refractivity contribution in [1.29, 1.82) is 0 Å². The number of aromatic nitrogens is 10. The molecule has 25 heteroatoms. The molecule has 0 aliphatic rings. The Balaban J connectivity index is 0.000000308. The minimum Gasteiger partial charge on any atom is -0.466 e. The molecule has 418 valence electrons. The number of aromatic amines is 4. The van der Waals surface area contributed by atoms with Gasteiger partial charge in [-0.3, -0.25) is 15.0 Å². The number of esters is 1. The molecule has 0 bridgehead atoms. The zero-order valence-electron chi connectivity index (χ0n) is 44.7. The summed E-state index contributed by atoms with van der Waals surface area (Å²) in [5.41, 5.74) is 20.6. The SMILES string of the molecule is CCOC(C)=O.CO.CO.Cc1cc(C)c(-c2cc(-c3cccc(-c4nc5ccccc5[nH]4)n3)n[nH]2)c(C)c1.Cc1cc(C)c(-c2cc(-c3cccc(-c4nc5ccccc5[nH]4)n3)n[nH]2)c(C)c1.F[B-](F)(F)F.F[B-](F)(F)F.[Fe+2]. The number of nitrogens with zero attached hydrogens (tertiary/aromatic N) is 6. The smallest absolute Gasteiger partial charge is 0.466 e. The summed E-state index contributed by atoms with van der Waals surface area (Å²) in [6.07, 6.45) is 0. The van der Waals surface area contributed by atoms with E-state index in [4.69, 9.17) is 20.2 Å². The molecule has 6 heterocycles. The first-order valence-electron chi connectivity index (χ1n) is 23.8. The molecule has 6 aromatic heterocycles. The molecule has 10 rings (SSSR count). The van der Waals surface area contributed by atoms with E-state index in [1.54, 1.807) is 6.92 Å². The van der Waals surface area contributed by atoms with Gasteiger partial charge in [-0.2, -0.15) is 10.2 Å². The fourth-order valence-electron chi connectivity index (χ4n) is 8.14. The maximum Gasteiger partial charge on any atom is 2.00 e. The van der Waals surface area contributed by atoms with Crippen LogP contribution in [0.15, 0.2) is 121 Å². The topological polar surface area (TPSA) is 207 Å². The number of nitrogens with one attached hydrogen (secondary N) is 4. The van der Waals surface area contributed by atoms with E-state index in [1.165, 1.54) is 51.4 Å². The minimum atomic E-state index is -6.00. The van der Waals surface area contributed by atoms with Gasteiger partial charge in [0.15, 0.2) is 11.6 Å². The number of carbonyl (C=O) groups excluding carboxylic acids is 1. The molecule has 10 aromatic rings. The summed E-state index contributed by atoms with van der Waals surface area (Å²) in [6.45, 7) is 16.4. The third-order valence-corrected chi connectivity index (χ3v) is 10.7. The first-order valence-corrected chi connectivity index (χ1v) is 23.8. The van der Waals surface area contributed by atoms with E-state index in [0.29, 0.717) is 6.61 Å². The van der Waals surface area contributed by atoms with Gasteiger partial charge in [0, 0.05) is 32.3 Å². The van der Waals surface area contributed by atoms with Crippen molar-refractivity contribution in [3.63, 3.8) is 0 Å². The molecule has 0 unspecified atom stereocenters. The Hall–Kier alpha value is -7.98. The standard InChI is InChI=1S/2C24H21N5.C4H8O2.2CH4O.2BF4.Fe/c2*1-14-11-15(2)23(16(3)12-14)22-13-21(28-29-22)19-9-6-10-20(25-19)24-26-17-7-4-5-8-18(17)27-24;1-3-6-4(2)5;2*1-2;2*2-1(3,4)5;/h2*4-13H,1-3H3,(H,26,27)(H,28,29);3H2,1-2H3;2*2H,1H3;;;/q;;;;;2*-1;+2. The fraction of sp³-hybridized carbons (Fsp3) is 0.204. The number of hydrogen-bond donors (Lipinski definition) is 6. The quantitative estimate of drug-likeness (QED) is 0.0506. The van der Waals surface area contributed by atoms with Crippen molar-refractivity contribution in [3.05, 3.63) is 155 Å². The van der Waals surface area contributed by atoms with Crippen molar-refractivity contribution < 1.29 is 71.3 Å². The van der Waals surface area contributed by atoms with Gasteiger partial charge in [0.1, 0.15) is 22.8 Å². The average Bonchev–Trinajstić information content (AvgIpc) is 4.30. The summed E-state index contributed by atoms with van der Waals surface area (Å²) in [5, 5.41) is 29.4. The van der Waals surface area contributed by atoms with Gasteiger partial charge in [-0.25, -0.2) is 19.9 Å². The Labute approximate surface area is 461 Å². The Morgan fingerprint density at radius 2 is 0.797 bits per heavy atom. The average molecular weight is 1140 g/mol.